The fourth-order valence-electron chi connectivity index (χ4n) is 4.25. The topological polar surface area (TPSA) is 87.4 Å². The summed E-state index contributed by atoms with van der Waals surface area (Å²) in [5, 5.41) is 0.402. The van der Waals surface area contributed by atoms with Crippen LogP contribution in [0.15, 0.2) is 76.1 Å². The molecule has 0 unspecified atom stereocenters. The zero-order valence-electron chi connectivity index (χ0n) is 20.7. The lowest BCUT2D eigenvalue weighted by molar-refractivity contribution is 0.0505. The molecule has 3 aromatic carbocycles. The van der Waals surface area contributed by atoms with Crippen molar-refractivity contribution in [2.45, 2.75) is 26.4 Å². The van der Waals surface area contributed by atoms with Crippen LogP contribution in [0.25, 0.3) is 11.0 Å². The molecule has 0 saturated carbocycles. The number of hydrogen-bond acceptors (Lipinski definition) is 8. The molecule has 1 aliphatic heterocycles. The van der Waals surface area contributed by atoms with E-state index in [1.54, 1.807) is 43.5 Å². The summed E-state index contributed by atoms with van der Waals surface area (Å²) in [7, 11) is 1.65. The third-order valence-corrected chi connectivity index (χ3v) is 6.10. The average molecular weight is 502 g/mol. The van der Waals surface area contributed by atoms with Crippen LogP contribution in [0.4, 0.5) is 0 Å². The van der Waals surface area contributed by atoms with Crippen molar-refractivity contribution >= 4 is 16.9 Å². The van der Waals surface area contributed by atoms with Crippen molar-refractivity contribution in [1.82, 2.24) is 4.90 Å². The van der Waals surface area contributed by atoms with Crippen molar-refractivity contribution in [1.29, 1.82) is 0 Å². The highest BCUT2D eigenvalue weighted by Gasteiger charge is 2.24. The summed E-state index contributed by atoms with van der Waals surface area (Å²) >= 11 is 0. The van der Waals surface area contributed by atoms with Gasteiger partial charge in [-0.15, -0.1) is 0 Å². The van der Waals surface area contributed by atoms with Gasteiger partial charge in [0, 0.05) is 18.7 Å². The smallest absolute Gasteiger partial charge is 0.338 e. The van der Waals surface area contributed by atoms with E-state index in [0.29, 0.717) is 54.5 Å². The van der Waals surface area contributed by atoms with Crippen molar-refractivity contribution in [3.63, 3.8) is 0 Å². The molecule has 1 aliphatic rings. The van der Waals surface area contributed by atoms with Gasteiger partial charge in [-0.25, -0.2) is 4.79 Å². The molecule has 8 nitrogen and oxygen atoms in total. The van der Waals surface area contributed by atoms with E-state index in [9.17, 15) is 9.59 Å². The lowest BCUT2D eigenvalue weighted by Crippen LogP contribution is -2.32. The zero-order chi connectivity index (χ0) is 25.8. The second kappa shape index (κ2) is 10.8. The van der Waals surface area contributed by atoms with Crippen LogP contribution in [0, 0.1) is 0 Å². The minimum Gasteiger partial charge on any atom is -0.496 e. The number of para-hydroxylation sites is 1. The minimum atomic E-state index is -0.398. The largest absolute Gasteiger partial charge is 0.496 e. The van der Waals surface area contributed by atoms with Crippen LogP contribution in [0.2, 0.25) is 0 Å². The fourth-order valence-corrected chi connectivity index (χ4v) is 4.25. The first-order chi connectivity index (χ1) is 18.1. The molecule has 0 saturated heterocycles. The van der Waals surface area contributed by atoms with Gasteiger partial charge < -0.3 is 23.4 Å². The SMILES string of the molecule is CCCOC(=O)c1ccc(Oc2coc3c4c(ccc3c2=O)OCN(Cc2ccccc2OC)C4)cc1. The summed E-state index contributed by atoms with van der Waals surface area (Å²) in [5.74, 6) is 1.56. The standard InChI is InChI=1S/C29H27NO7/c1-3-14-34-29(32)19-8-10-21(11-9-19)37-26-17-35-28-22(27(26)31)12-13-25-23(28)16-30(18-36-25)15-20-6-4-5-7-24(20)33-2/h4-13,17H,3,14-16,18H2,1-2H3. The van der Waals surface area contributed by atoms with Crippen LogP contribution in [-0.4, -0.2) is 31.3 Å². The van der Waals surface area contributed by atoms with E-state index < -0.39 is 5.97 Å². The van der Waals surface area contributed by atoms with Gasteiger partial charge in [0.05, 0.1) is 30.2 Å². The van der Waals surface area contributed by atoms with E-state index in [1.165, 1.54) is 6.26 Å². The van der Waals surface area contributed by atoms with Crippen LogP contribution in [0.3, 0.4) is 0 Å². The predicted octanol–water partition coefficient (Wildman–Crippen LogP) is 5.51. The number of methoxy groups -OCH3 is 1. The average Bonchev–Trinajstić information content (AvgIpc) is 2.93. The quantitative estimate of drug-likeness (QED) is 0.292. The maximum Gasteiger partial charge on any atom is 0.338 e. The second-order valence-corrected chi connectivity index (χ2v) is 8.68. The van der Waals surface area contributed by atoms with Crippen LogP contribution < -0.4 is 19.6 Å². The molecule has 0 amide bonds. The van der Waals surface area contributed by atoms with E-state index in [1.807, 2.05) is 31.2 Å². The lowest BCUT2D eigenvalue weighted by atomic mass is 10.1. The molecule has 2 heterocycles. The molecular formula is C29H27NO7. The molecule has 0 atom stereocenters. The molecule has 5 rings (SSSR count). The van der Waals surface area contributed by atoms with Gasteiger partial charge in [0.1, 0.15) is 35.8 Å². The monoisotopic (exact) mass is 501 g/mol. The Morgan fingerprint density at radius 2 is 1.84 bits per heavy atom. The van der Waals surface area contributed by atoms with E-state index in [4.69, 9.17) is 23.4 Å². The van der Waals surface area contributed by atoms with Crippen LogP contribution in [0.5, 0.6) is 23.0 Å². The lowest BCUT2D eigenvalue weighted by Gasteiger charge is -2.29. The highest BCUT2D eigenvalue weighted by molar-refractivity contribution is 5.89. The Balaban J connectivity index is 1.36. The summed E-state index contributed by atoms with van der Waals surface area (Å²) in [6.07, 6.45) is 2.06. The van der Waals surface area contributed by atoms with Gasteiger partial charge in [0.25, 0.3) is 0 Å². The number of carbonyl (C=O) groups is 1. The number of carbonyl (C=O) groups excluding carboxylic acids is 1. The molecule has 1 aromatic heterocycles. The van der Waals surface area contributed by atoms with Gasteiger partial charge in [-0.1, -0.05) is 25.1 Å². The number of nitrogens with zero attached hydrogens (tertiary/aromatic N) is 1. The normalized spacial score (nSPS) is 13.0. The number of benzene rings is 3. The zero-order valence-corrected chi connectivity index (χ0v) is 20.7. The highest BCUT2D eigenvalue weighted by Crippen LogP contribution is 2.34. The first-order valence-electron chi connectivity index (χ1n) is 12.1. The molecule has 190 valence electrons. The van der Waals surface area contributed by atoms with Crippen molar-refractivity contribution in [2.24, 2.45) is 0 Å². The van der Waals surface area contributed by atoms with Gasteiger partial charge in [0.15, 0.2) is 0 Å². The van der Waals surface area contributed by atoms with Gasteiger partial charge in [0.2, 0.25) is 11.2 Å². The predicted molar refractivity (Wildman–Crippen MR) is 137 cm³/mol. The summed E-state index contributed by atoms with van der Waals surface area (Å²) in [4.78, 5) is 27.3. The van der Waals surface area contributed by atoms with E-state index >= 15 is 0 Å². The first kappa shape index (κ1) is 24.4. The molecule has 37 heavy (non-hydrogen) atoms. The molecule has 4 aromatic rings. The Labute approximate surface area is 213 Å². The molecule has 8 heteroatoms. The van der Waals surface area contributed by atoms with Crippen molar-refractivity contribution < 1.29 is 28.2 Å². The summed E-state index contributed by atoms with van der Waals surface area (Å²) in [6, 6.07) is 17.7. The van der Waals surface area contributed by atoms with E-state index in [2.05, 4.69) is 4.90 Å². The summed E-state index contributed by atoms with van der Waals surface area (Å²) in [6.45, 7) is 3.86. The molecule has 0 fully saturated rings. The fraction of sp³-hybridized carbons (Fsp3) is 0.241. The second-order valence-electron chi connectivity index (χ2n) is 8.68. The van der Waals surface area contributed by atoms with Gasteiger partial charge in [-0.05, 0) is 48.9 Å². The third kappa shape index (κ3) is 5.15. The molecule has 0 bridgehead atoms. The van der Waals surface area contributed by atoms with Gasteiger partial charge >= 0.3 is 5.97 Å². The Morgan fingerprint density at radius 1 is 1.03 bits per heavy atom. The van der Waals surface area contributed by atoms with Crippen molar-refractivity contribution in [3.05, 3.63) is 93.8 Å². The highest BCUT2D eigenvalue weighted by atomic mass is 16.5. The van der Waals surface area contributed by atoms with Crippen molar-refractivity contribution in [3.8, 4) is 23.0 Å². The van der Waals surface area contributed by atoms with Crippen LogP contribution >= 0.6 is 0 Å². The summed E-state index contributed by atoms with van der Waals surface area (Å²) in [5.41, 5.74) is 2.43. The third-order valence-electron chi connectivity index (χ3n) is 6.10. The molecule has 0 N–H and O–H groups in total. The van der Waals surface area contributed by atoms with Crippen molar-refractivity contribution in [2.75, 3.05) is 20.4 Å². The molecule has 0 spiro atoms. The minimum absolute atomic E-state index is 0.0522. The Kier molecular flexibility index (Phi) is 7.09. The molecule has 0 radical (unpaired) electrons. The number of hydrogen-bond donors (Lipinski definition) is 0. The van der Waals surface area contributed by atoms with Crippen LogP contribution in [0.1, 0.15) is 34.8 Å². The number of rotatable bonds is 8. The first-order valence-corrected chi connectivity index (χ1v) is 12.1. The van der Waals surface area contributed by atoms with E-state index in [0.717, 1.165) is 23.3 Å². The maximum absolute atomic E-state index is 13.2. The van der Waals surface area contributed by atoms with Gasteiger partial charge in [-0.3, -0.25) is 9.69 Å². The Bertz CT molecular complexity index is 1480. The summed E-state index contributed by atoms with van der Waals surface area (Å²) < 4.78 is 28.3. The Hall–Kier alpha value is -4.30. The van der Waals surface area contributed by atoms with E-state index in [-0.39, 0.29) is 11.2 Å². The molecular weight excluding hydrogens is 474 g/mol. The number of ether oxygens (including phenoxy) is 4. The van der Waals surface area contributed by atoms with Gasteiger partial charge in [-0.2, -0.15) is 0 Å². The molecule has 0 aliphatic carbocycles. The maximum atomic E-state index is 13.2. The number of fused-ring (bicyclic) bond motifs is 3. The van der Waals surface area contributed by atoms with Crippen LogP contribution in [-0.2, 0) is 17.8 Å². The number of esters is 1. The Morgan fingerprint density at radius 3 is 2.62 bits per heavy atom.